The van der Waals surface area contributed by atoms with Gasteiger partial charge in [0.15, 0.2) is 16.6 Å². The van der Waals surface area contributed by atoms with E-state index < -0.39 is 0 Å². The van der Waals surface area contributed by atoms with E-state index in [4.69, 9.17) is 24.7 Å². The lowest BCUT2D eigenvalue weighted by Gasteiger charge is -2.14. The van der Waals surface area contributed by atoms with Crippen molar-refractivity contribution in [3.8, 4) is 34.3 Å². The summed E-state index contributed by atoms with van der Waals surface area (Å²) in [7, 11) is 6.32. The number of nitrogens with one attached hydrogen (secondary N) is 1. The number of nitrogen functional groups attached to an aromatic ring is 1. The average molecular weight is 387 g/mol. The topological polar surface area (TPSA) is 87.9 Å². The van der Waals surface area contributed by atoms with Gasteiger partial charge in [0, 0.05) is 28.8 Å². The Balaban J connectivity index is 1.87. The van der Waals surface area contributed by atoms with E-state index in [1.54, 1.807) is 28.4 Å². The maximum absolute atomic E-state index is 5.99. The highest BCUT2D eigenvalue weighted by molar-refractivity contribution is 7.14. The van der Waals surface area contributed by atoms with Crippen molar-refractivity contribution < 1.29 is 18.9 Å². The van der Waals surface area contributed by atoms with Gasteiger partial charge in [-0.05, 0) is 18.2 Å². The van der Waals surface area contributed by atoms with Gasteiger partial charge in [-0.3, -0.25) is 0 Å². The van der Waals surface area contributed by atoms with Gasteiger partial charge in [-0.15, -0.1) is 11.3 Å². The van der Waals surface area contributed by atoms with Crippen LogP contribution < -0.4 is 30.0 Å². The molecular weight excluding hydrogens is 366 g/mol. The number of ether oxygens (including phenoxy) is 4. The minimum atomic E-state index is 0.541. The zero-order valence-corrected chi connectivity index (χ0v) is 16.3. The Hall–Kier alpha value is -3.13. The molecule has 0 bridgehead atoms. The highest BCUT2D eigenvalue weighted by atomic mass is 32.1. The summed E-state index contributed by atoms with van der Waals surface area (Å²) < 4.78 is 21.3. The van der Waals surface area contributed by atoms with Crippen molar-refractivity contribution >= 4 is 27.8 Å². The van der Waals surface area contributed by atoms with Gasteiger partial charge in [-0.1, -0.05) is 0 Å². The summed E-state index contributed by atoms with van der Waals surface area (Å²) >= 11 is 1.48. The van der Waals surface area contributed by atoms with Crippen LogP contribution in [0.25, 0.3) is 11.3 Å². The van der Waals surface area contributed by atoms with E-state index >= 15 is 0 Å². The molecule has 0 amide bonds. The smallest absolute Gasteiger partial charge is 0.203 e. The Labute approximate surface area is 161 Å². The Kier molecular flexibility index (Phi) is 5.56. The standard InChI is InChI=1S/C19H21N3O4S/c1-23-15-6-5-11(7-13(15)20)14-10-27-19(22-14)21-12-8-16(24-2)18(26-4)17(9-12)25-3/h5-10H,20H2,1-4H3,(H,21,22). The van der Waals surface area contributed by atoms with Gasteiger partial charge in [0.05, 0.1) is 39.8 Å². The Morgan fingerprint density at radius 1 is 0.889 bits per heavy atom. The molecule has 0 saturated heterocycles. The first-order chi connectivity index (χ1) is 13.1. The molecule has 27 heavy (non-hydrogen) atoms. The van der Waals surface area contributed by atoms with Gasteiger partial charge in [0.1, 0.15) is 5.75 Å². The number of nitrogens with two attached hydrogens (primary N) is 1. The first-order valence-corrected chi connectivity index (χ1v) is 8.94. The van der Waals surface area contributed by atoms with Crippen molar-refractivity contribution in [1.29, 1.82) is 0 Å². The highest BCUT2D eigenvalue weighted by Crippen LogP contribution is 2.41. The van der Waals surface area contributed by atoms with Gasteiger partial charge in [-0.2, -0.15) is 0 Å². The second kappa shape index (κ2) is 8.05. The molecule has 0 atom stereocenters. The maximum atomic E-state index is 5.99. The predicted octanol–water partition coefficient (Wildman–Crippen LogP) is 4.17. The minimum Gasteiger partial charge on any atom is -0.495 e. The average Bonchev–Trinajstić information content (AvgIpc) is 3.15. The van der Waals surface area contributed by atoms with E-state index in [0.717, 1.165) is 22.1 Å². The van der Waals surface area contributed by atoms with Crippen LogP contribution in [0.2, 0.25) is 0 Å². The Morgan fingerprint density at radius 3 is 2.11 bits per heavy atom. The zero-order chi connectivity index (χ0) is 19.4. The number of hydrogen-bond acceptors (Lipinski definition) is 8. The molecule has 0 fully saturated rings. The van der Waals surface area contributed by atoms with E-state index in [1.807, 2.05) is 35.7 Å². The molecule has 1 heterocycles. The van der Waals surface area contributed by atoms with E-state index in [0.29, 0.717) is 28.7 Å². The van der Waals surface area contributed by atoms with Crippen molar-refractivity contribution in [2.24, 2.45) is 0 Å². The fraction of sp³-hybridized carbons (Fsp3) is 0.211. The molecule has 1 aromatic heterocycles. The van der Waals surface area contributed by atoms with Crippen LogP contribution in [0.3, 0.4) is 0 Å². The van der Waals surface area contributed by atoms with E-state index in [2.05, 4.69) is 10.3 Å². The van der Waals surface area contributed by atoms with Crippen molar-refractivity contribution in [1.82, 2.24) is 4.98 Å². The molecule has 0 radical (unpaired) electrons. The van der Waals surface area contributed by atoms with E-state index in [-0.39, 0.29) is 0 Å². The van der Waals surface area contributed by atoms with Crippen LogP contribution in [-0.4, -0.2) is 33.4 Å². The number of benzene rings is 2. The molecule has 3 N–H and O–H groups in total. The third kappa shape index (κ3) is 3.85. The second-order valence-corrected chi connectivity index (χ2v) is 6.39. The lowest BCUT2D eigenvalue weighted by atomic mass is 10.1. The molecule has 0 saturated carbocycles. The summed E-state index contributed by atoms with van der Waals surface area (Å²) in [4.78, 5) is 4.62. The molecule has 2 aromatic carbocycles. The Morgan fingerprint density at radius 2 is 1.56 bits per heavy atom. The molecule has 7 nitrogen and oxygen atoms in total. The monoisotopic (exact) mass is 387 g/mol. The molecule has 3 aromatic rings. The number of nitrogens with zero attached hydrogens (tertiary/aromatic N) is 1. The number of rotatable bonds is 7. The van der Waals surface area contributed by atoms with E-state index in [1.165, 1.54) is 11.3 Å². The van der Waals surface area contributed by atoms with Crippen LogP contribution in [0.1, 0.15) is 0 Å². The fourth-order valence-electron chi connectivity index (χ4n) is 2.63. The first kappa shape index (κ1) is 18.7. The first-order valence-electron chi connectivity index (χ1n) is 8.06. The molecule has 8 heteroatoms. The van der Waals surface area contributed by atoms with Crippen LogP contribution in [0.4, 0.5) is 16.5 Å². The maximum Gasteiger partial charge on any atom is 0.203 e. The quantitative estimate of drug-likeness (QED) is 0.588. The number of methoxy groups -OCH3 is 4. The number of anilines is 3. The van der Waals surface area contributed by atoms with Gasteiger partial charge in [-0.25, -0.2) is 4.98 Å². The lowest BCUT2D eigenvalue weighted by molar-refractivity contribution is 0.324. The van der Waals surface area contributed by atoms with Crippen molar-refractivity contribution in [2.45, 2.75) is 0 Å². The SMILES string of the molecule is COc1ccc(-c2csc(Nc3cc(OC)c(OC)c(OC)c3)n2)cc1N. The van der Waals surface area contributed by atoms with Gasteiger partial charge < -0.3 is 30.0 Å². The molecular formula is C19H21N3O4S. The fourth-order valence-corrected chi connectivity index (χ4v) is 3.37. The van der Waals surface area contributed by atoms with Crippen LogP contribution in [0, 0.1) is 0 Å². The van der Waals surface area contributed by atoms with Crippen LogP contribution in [0.5, 0.6) is 23.0 Å². The summed E-state index contributed by atoms with van der Waals surface area (Å²) in [6.07, 6.45) is 0. The number of thiazole rings is 1. The normalized spacial score (nSPS) is 10.4. The molecule has 3 rings (SSSR count). The number of hydrogen-bond donors (Lipinski definition) is 2. The summed E-state index contributed by atoms with van der Waals surface area (Å²) in [5.74, 6) is 2.32. The summed E-state index contributed by atoms with van der Waals surface area (Å²) in [5.41, 5.74) is 9.08. The molecule has 0 aliphatic heterocycles. The molecule has 142 valence electrons. The van der Waals surface area contributed by atoms with Gasteiger partial charge >= 0.3 is 0 Å². The van der Waals surface area contributed by atoms with Crippen LogP contribution >= 0.6 is 11.3 Å². The Bertz CT molecular complexity index is 917. The third-order valence-electron chi connectivity index (χ3n) is 3.95. The largest absolute Gasteiger partial charge is 0.495 e. The zero-order valence-electron chi connectivity index (χ0n) is 15.5. The van der Waals surface area contributed by atoms with Crippen molar-refractivity contribution in [3.63, 3.8) is 0 Å². The molecule has 0 spiro atoms. The third-order valence-corrected chi connectivity index (χ3v) is 4.70. The molecule has 0 aliphatic rings. The van der Waals surface area contributed by atoms with Gasteiger partial charge in [0.2, 0.25) is 5.75 Å². The van der Waals surface area contributed by atoms with Crippen LogP contribution in [0.15, 0.2) is 35.7 Å². The predicted molar refractivity (Wildman–Crippen MR) is 108 cm³/mol. The number of aromatic nitrogens is 1. The molecule has 0 aliphatic carbocycles. The van der Waals surface area contributed by atoms with Gasteiger partial charge in [0.25, 0.3) is 0 Å². The van der Waals surface area contributed by atoms with Crippen molar-refractivity contribution in [2.75, 3.05) is 39.5 Å². The van der Waals surface area contributed by atoms with Crippen LogP contribution in [-0.2, 0) is 0 Å². The second-order valence-electron chi connectivity index (χ2n) is 5.53. The minimum absolute atomic E-state index is 0.541. The lowest BCUT2D eigenvalue weighted by Crippen LogP contribution is -1.97. The van der Waals surface area contributed by atoms with Crippen molar-refractivity contribution in [3.05, 3.63) is 35.7 Å². The summed E-state index contributed by atoms with van der Waals surface area (Å²) in [5, 5.41) is 5.96. The highest BCUT2D eigenvalue weighted by Gasteiger charge is 2.14. The summed E-state index contributed by atoms with van der Waals surface area (Å²) in [6, 6.07) is 9.25. The molecule has 0 unspecified atom stereocenters. The van der Waals surface area contributed by atoms with E-state index in [9.17, 15) is 0 Å². The summed E-state index contributed by atoms with van der Waals surface area (Å²) in [6.45, 7) is 0.